The molecule has 1 aromatic heterocycles. The third-order valence-corrected chi connectivity index (χ3v) is 2.99. The van der Waals surface area contributed by atoms with Gasteiger partial charge in [-0.3, -0.25) is 4.98 Å². The normalized spacial score (nSPS) is 17.1. The molecule has 1 N–H and O–H groups in total. The summed E-state index contributed by atoms with van der Waals surface area (Å²) >= 11 is 0. The van der Waals surface area contributed by atoms with Crippen molar-refractivity contribution in [2.45, 2.75) is 45.6 Å². The van der Waals surface area contributed by atoms with Crippen LogP contribution in [0.5, 0.6) is 0 Å². The van der Waals surface area contributed by atoms with Gasteiger partial charge in [-0.05, 0) is 24.5 Å². The van der Waals surface area contributed by atoms with Gasteiger partial charge in [-0.2, -0.15) is 0 Å². The van der Waals surface area contributed by atoms with Gasteiger partial charge in [-0.15, -0.1) is 0 Å². The molecule has 0 aliphatic rings. The second-order valence-electron chi connectivity index (χ2n) is 4.30. The maximum atomic E-state index is 10.1. The average molecular weight is 207 g/mol. The van der Waals surface area contributed by atoms with Crippen molar-refractivity contribution in [1.29, 1.82) is 0 Å². The molecule has 0 saturated heterocycles. The number of rotatable bonds is 5. The van der Waals surface area contributed by atoms with Crippen LogP contribution in [0.2, 0.25) is 0 Å². The minimum Gasteiger partial charge on any atom is -0.392 e. The van der Waals surface area contributed by atoms with Gasteiger partial charge in [-0.25, -0.2) is 0 Å². The first-order valence-corrected chi connectivity index (χ1v) is 5.75. The fourth-order valence-corrected chi connectivity index (χ4v) is 1.94. The van der Waals surface area contributed by atoms with Crippen LogP contribution in [0.15, 0.2) is 24.4 Å². The summed E-state index contributed by atoms with van der Waals surface area (Å²) in [5.74, 6) is 0.458. The Kier molecular flexibility index (Phi) is 4.76. The maximum Gasteiger partial charge on any atom is 0.0646 e. The SMILES string of the molecule is CCCC(C)C(O)C(C)c1ccccn1. The molecule has 0 aliphatic heterocycles. The highest BCUT2D eigenvalue weighted by Gasteiger charge is 2.22. The molecule has 0 aromatic carbocycles. The molecule has 0 radical (unpaired) electrons. The van der Waals surface area contributed by atoms with Gasteiger partial charge in [0.25, 0.3) is 0 Å². The van der Waals surface area contributed by atoms with E-state index in [1.165, 1.54) is 0 Å². The minimum atomic E-state index is -0.292. The molecule has 0 aliphatic carbocycles. The van der Waals surface area contributed by atoms with E-state index in [4.69, 9.17) is 0 Å². The fourth-order valence-electron chi connectivity index (χ4n) is 1.94. The van der Waals surface area contributed by atoms with Gasteiger partial charge in [0.2, 0.25) is 0 Å². The maximum absolute atomic E-state index is 10.1. The van der Waals surface area contributed by atoms with Gasteiger partial charge in [0.15, 0.2) is 0 Å². The average Bonchev–Trinajstić information content (AvgIpc) is 2.28. The molecule has 0 amide bonds. The number of hydrogen-bond acceptors (Lipinski definition) is 2. The Hall–Kier alpha value is -0.890. The van der Waals surface area contributed by atoms with Crippen LogP contribution in [0, 0.1) is 5.92 Å². The fraction of sp³-hybridized carbons (Fsp3) is 0.615. The molecule has 1 heterocycles. The molecular formula is C13H21NO. The number of pyridine rings is 1. The number of hydrogen-bond donors (Lipinski definition) is 1. The summed E-state index contributed by atoms with van der Waals surface area (Å²) in [5, 5.41) is 10.1. The molecule has 15 heavy (non-hydrogen) atoms. The second-order valence-corrected chi connectivity index (χ2v) is 4.30. The van der Waals surface area contributed by atoms with E-state index >= 15 is 0 Å². The molecule has 2 nitrogen and oxygen atoms in total. The zero-order valence-corrected chi connectivity index (χ0v) is 9.85. The number of aromatic nitrogens is 1. The molecule has 1 rings (SSSR count). The minimum absolute atomic E-state index is 0.118. The van der Waals surface area contributed by atoms with Gasteiger partial charge in [-0.1, -0.05) is 33.3 Å². The Balaban J connectivity index is 2.64. The summed E-state index contributed by atoms with van der Waals surface area (Å²) in [4.78, 5) is 4.28. The Labute approximate surface area is 92.4 Å². The summed E-state index contributed by atoms with van der Waals surface area (Å²) in [5.41, 5.74) is 0.980. The van der Waals surface area contributed by atoms with E-state index in [-0.39, 0.29) is 12.0 Å². The predicted molar refractivity (Wildman–Crippen MR) is 62.7 cm³/mol. The van der Waals surface area contributed by atoms with Crippen molar-refractivity contribution in [3.8, 4) is 0 Å². The highest BCUT2D eigenvalue weighted by molar-refractivity contribution is 5.10. The van der Waals surface area contributed by atoms with Crippen LogP contribution in [0.3, 0.4) is 0 Å². The van der Waals surface area contributed by atoms with Crippen LogP contribution >= 0.6 is 0 Å². The number of aliphatic hydroxyl groups excluding tert-OH is 1. The third-order valence-electron chi connectivity index (χ3n) is 2.99. The van der Waals surface area contributed by atoms with Crippen LogP contribution < -0.4 is 0 Å². The molecule has 2 heteroatoms. The second kappa shape index (κ2) is 5.86. The Morgan fingerprint density at radius 3 is 2.60 bits per heavy atom. The Morgan fingerprint density at radius 1 is 1.33 bits per heavy atom. The first-order valence-electron chi connectivity index (χ1n) is 5.75. The zero-order chi connectivity index (χ0) is 11.3. The lowest BCUT2D eigenvalue weighted by atomic mass is 9.88. The van der Waals surface area contributed by atoms with Gasteiger partial charge in [0, 0.05) is 17.8 Å². The van der Waals surface area contributed by atoms with E-state index in [2.05, 4.69) is 18.8 Å². The Bertz CT molecular complexity index is 273. The van der Waals surface area contributed by atoms with Gasteiger partial charge < -0.3 is 5.11 Å². The summed E-state index contributed by atoms with van der Waals surface area (Å²) in [6, 6.07) is 5.85. The molecule has 0 fully saturated rings. The first kappa shape index (κ1) is 12.2. The molecule has 0 bridgehead atoms. The van der Waals surface area contributed by atoms with Crippen molar-refractivity contribution in [2.75, 3.05) is 0 Å². The van der Waals surface area contributed by atoms with E-state index in [1.807, 2.05) is 25.1 Å². The van der Waals surface area contributed by atoms with Gasteiger partial charge in [0.1, 0.15) is 0 Å². The van der Waals surface area contributed by atoms with Crippen LogP contribution in [0.25, 0.3) is 0 Å². The molecule has 0 spiro atoms. The van der Waals surface area contributed by atoms with Gasteiger partial charge >= 0.3 is 0 Å². The quantitative estimate of drug-likeness (QED) is 0.805. The predicted octanol–water partition coefficient (Wildman–Crippen LogP) is 2.98. The van der Waals surface area contributed by atoms with Crippen molar-refractivity contribution < 1.29 is 5.11 Å². The Morgan fingerprint density at radius 2 is 2.07 bits per heavy atom. The first-order chi connectivity index (χ1) is 7.16. The van der Waals surface area contributed by atoms with Crippen LogP contribution in [-0.2, 0) is 0 Å². The molecule has 1 aromatic rings. The zero-order valence-electron chi connectivity index (χ0n) is 9.85. The van der Waals surface area contributed by atoms with Crippen LogP contribution in [-0.4, -0.2) is 16.2 Å². The van der Waals surface area contributed by atoms with E-state index in [1.54, 1.807) is 6.20 Å². The van der Waals surface area contributed by atoms with Crippen LogP contribution in [0.4, 0.5) is 0 Å². The molecule has 84 valence electrons. The summed E-state index contributed by atoms with van der Waals surface area (Å²) < 4.78 is 0. The molecule has 3 unspecified atom stereocenters. The van der Waals surface area contributed by atoms with E-state index in [9.17, 15) is 5.11 Å². The van der Waals surface area contributed by atoms with Crippen molar-refractivity contribution in [1.82, 2.24) is 4.98 Å². The van der Waals surface area contributed by atoms with Crippen molar-refractivity contribution in [3.63, 3.8) is 0 Å². The number of aliphatic hydroxyl groups is 1. The summed E-state index contributed by atoms with van der Waals surface area (Å²) in [6.07, 6.45) is 3.68. The topological polar surface area (TPSA) is 33.1 Å². The molecular weight excluding hydrogens is 186 g/mol. The van der Waals surface area contributed by atoms with Gasteiger partial charge in [0.05, 0.1) is 6.10 Å². The van der Waals surface area contributed by atoms with Crippen molar-refractivity contribution in [3.05, 3.63) is 30.1 Å². The summed E-state index contributed by atoms with van der Waals surface area (Å²) in [6.45, 7) is 6.29. The molecule has 0 saturated carbocycles. The van der Waals surface area contributed by atoms with Crippen molar-refractivity contribution >= 4 is 0 Å². The standard InChI is InChI=1S/C13H21NO/c1-4-7-10(2)13(15)11(3)12-8-5-6-9-14-12/h5-6,8-11,13,15H,4,7H2,1-3H3. The lowest BCUT2D eigenvalue weighted by molar-refractivity contribution is 0.0878. The lowest BCUT2D eigenvalue weighted by Gasteiger charge is -2.24. The number of nitrogens with zero attached hydrogens (tertiary/aromatic N) is 1. The monoisotopic (exact) mass is 207 g/mol. The van der Waals surface area contributed by atoms with Crippen molar-refractivity contribution in [2.24, 2.45) is 5.92 Å². The van der Waals surface area contributed by atoms with E-state index < -0.39 is 0 Å². The van der Waals surface area contributed by atoms with E-state index in [0.717, 1.165) is 18.5 Å². The molecule has 3 atom stereocenters. The van der Waals surface area contributed by atoms with Crippen LogP contribution in [0.1, 0.15) is 45.2 Å². The highest BCUT2D eigenvalue weighted by atomic mass is 16.3. The summed E-state index contributed by atoms with van der Waals surface area (Å²) in [7, 11) is 0. The highest BCUT2D eigenvalue weighted by Crippen LogP contribution is 2.24. The smallest absolute Gasteiger partial charge is 0.0646 e. The third kappa shape index (κ3) is 3.31. The largest absolute Gasteiger partial charge is 0.392 e. The lowest BCUT2D eigenvalue weighted by Crippen LogP contribution is -2.24. The van der Waals surface area contributed by atoms with E-state index in [0.29, 0.717) is 5.92 Å².